The smallest absolute Gasteiger partial charge is 0.128 e. The number of aromatic nitrogens is 2. The topological polar surface area (TPSA) is 33.1 Å². The van der Waals surface area contributed by atoms with Crippen molar-refractivity contribution < 1.29 is 0 Å². The summed E-state index contributed by atoms with van der Waals surface area (Å²) in [7, 11) is 2.00. The monoisotopic (exact) mass is 238 g/mol. The molecule has 0 unspecified atom stereocenters. The van der Waals surface area contributed by atoms with Gasteiger partial charge in [-0.3, -0.25) is 9.58 Å². The number of nitrogens with one attached hydrogen (secondary N) is 1. The zero-order valence-corrected chi connectivity index (χ0v) is 12.0. The van der Waals surface area contributed by atoms with E-state index in [4.69, 9.17) is 0 Å². The Balaban J connectivity index is 2.95. The molecule has 4 nitrogen and oxygen atoms in total. The van der Waals surface area contributed by atoms with Gasteiger partial charge in [-0.2, -0.15) is 5.10 Å². The van der Waals surface area contributed by atoms with Crippen LogP contribution in [0.2, 0.25) is 0 Å². The average Bonchev–Trinajstić information content (AvgIpc) is 2.51. The van der Waals surface area contributed by atoms with E-state index < -0.39 is 0 Å². The maximum atomic E-state index is 4.50. The molecule has 98 valence electrons. The van der Waals surface area contributed by atoms with Gasteiger partial charge in [0.05, 0.1) is 5.69 Å². The molecule has 0 radical (unpaired) electrons. The zero-order chi connectivity index (χ0) is 13.0. The van der Waals surface area contributed by atoms with Crippen LogP contribution in [0.25, 0.3) is 0 Å². The standard InChI is InChI=1S/C13H26N4/c1-7-14-13-12(11(5)15-16(13)6)9-17(8-2)10(3)4/h10,14H,7-9H2,1-6H3. The first-order valence-corrected chi connectivity index (χ1v) is 6.51. The molecule has 1 aromatic rings. The van der Waals surface area contributed by atoms with Gasteiger partial charge in [0.1, 0.15) is 5.82 Å². The first-order chi connectivity index (χ1) is 8.01. The molecule has 4 heteroatoms. The van der Waals surface area contributed by atoms with Crippen LogP contribution in [0.15, 0.2) is 0 Å². The van der Waals surface area contributed by atoms with E-state index in [0.29, 0.717) is 6.04 Å². The number of rotatable bonds is 6. The highest BCUT2D eigenvalue weighted by Crippen LogP contribution is 2.21. The lowest BCUT2D eigenvalue weighted by Gasteiger charge is -2.25. The first kappa shape index (κ1) is 14.0. The Morgan fingerprint density at radius 1 is 1.35 bits per heavy atom. The van der Waals surface area contributed by atoms with E-state index in [0.717, 1.165) is 31.1 Å². The molecule has 0 atom stereocenters. The molecule has 0 amide bonds. The Morgan fingerprint density at radius 2 is 2.00 bits per heavy atom. The van der Waals surface area contributed by atoms with Gasteiger partial charge in [0.2, 0.25) is 0 Å². The van der Waals surface area contributed by atoms with Crippen molar-refractivity contribution >= 4 is 5.82 Å². The number of nitrogens with zero attached hydrogens (tertiary/aromatic N) is 3. The number of aryl methyl sites for hydroxylation is 2. The highest BCUT2D eigenvalue weighted by molar-refractivity contribution is 5.47. The second-order valence-corrected chi connectivity index (χ2v) is 4.72. The molecule has 1 N–H and O–H groups in total. The number of anilines is 1. The highest BCUT2D eigenvalue weighted by atomic mass is 15.3. The van der Waals surface area contributed by atoms with Crippen molar-refractivity contribution in [2.45, 2.75) is 47.2 Å². The van der Waals surface area contributed by atoms with Gasteiger partial charge in [0.15, 0.2) is 0 Å². The van der Waals surface area contributed by atoms with Crippen LogP contribution in [0.3, 0.4) is 0 Å². The van der Waals surface area contributed by atoms with Gasteiger partial charge in [0.25, 0.3) is 0 Å². The molecule has 0 aliphatic carbocycles. The van der Waals surface area contributed by atoms with E-state index in [-0.39, 0.29) is 0 Å². The zero-order valence-electron chi connectivity index (χ0n) is 12.0. The summed E-state index contributed by atoms with van der Waals surface area (Å²) in [6, 6.07) is 0.564. The van der Waals surface area contributed by atoms with Crippen LogP contribution in [-0.4, -0.2) is 33.8 Å². The van der Waals surface area contributed by atoms with Crippen molar-refractivity contribution in [1.82, 2.24) is 14.7 Å². The summed E-state index contributed by atoms with van der Waals surface area (Å²) in [6.45, 7) is 13.9. The summed E-state index contributed by atoms with van der Waals surface area (Å²) in [5.41, 5.74) is 2.45. The van der Waals surface area contributed by atoms with Gasteiger partial charge in [-0.05, 0) is 34.2 Å². The lowest BCUT2D eigenvalue weighted by Crippen LogP contribution is -2.30. The maximum Gasteiger partial charge on any atom is 0.128 e. The Bertz CT molecular complexity index is 355. The second kappa shape index (κ2) is 6.05. The molecule has 0 saturated carbocycles. The summed E-state index contributed by atoms with van der Waals surface area (Å²) >= 11 is 0. The minimum atomic E-state index is 0.564. The molecule has 0 bridgehead atoms. The van der Waals surface area contributed by atoms with Crippen molar-refractivity contribution in [2.24, 2.45) is 7.05 Å². The molecule has 0 aliphatic rings. The fourth-order valence-corrected chi connectivity index (χ4v) is 2.14. The Hall–Kier alpha value is -1.03. The lowest BCUT2D eigenvalue weighted by molar-refractivity contribution is 0.225. The molecule has 1 heterocycles. The molecule has 0 saturated heterocycles. The minimum absolute atomic E-state index is 0.564. The maximum absolute atomic E-state index is 4.50. The van der Waals surface area contributed by atoms with Crippen LogP contribution in [0, 0.1) is 6.92 Å². The molecule has 0 fully saturated rings. The van der Waals surface area contributed by atoms with Gasteiger partial charge in [-0.15, -0.1) is 0 Å². The van der Waals surface area contributed by atoms with E-state index in [2.05, 4.69) is 49.9 Å². The molecule has 1 aromatic heterocycles. The number of hydrogen-bond donors (Lipinski definition) is 1. The molecule has 0 spiro atoms. The quantitative estimate of drug-likeness (QED) is 0.826. The molecular formula is C13H26N4. The summed E-state index contributed by atoms with van der Waals surface area (Å²) in [5, 5.41) is 7.91. The molecule has 1 rings (SSSR count). The predicted molar refractivity (Wildman–Crippen MR) is 73.3 cm³/mol. The summed E-state index contributed by atoms with van der Waals surface area (Å²) in [6.07, 6.45) is 0. The van der Waals surface area contributed by atoms with Gasteiger partial charge in [-0.1, -0.05) is 6.92 Å². The van der Waals surface area contributed by atoms with E-state index in [1.54, 1.807) is 0 Å². The molecule has 17 heavy (non-hydrogen) atoms. The van der Waals surface area contributed by atoms with Crippen LogP contribution >= 0.6 is 0 Å². The van der Waals surface area contributed by atoms with Crippen molar-refractivity contribution in [3.8, 4) is 0 Å². The van der Waals surface area contributed by atoms with E-state index >= 15 is 0 Å². The normalized spacial score (nSPS) is 11.5. The van der Waals surface area contributed by atoms with Crippen LogP contribution in [0.5, 0.6) is 0 Å². The van der Waals surface area contributed by atoms with Crippen LogP contribution < -0.4 is 5.32 Å². The van der Waals surface area contributed by atoms with Crippen molar-refractivity contribution in [3.63, 3.8) is 0 Å². The van der Waals surface area contributed by atoms with Crippen molar-refractivity contribution in [2.75, 3.05) is 18.4 Å². The van der Waals surface area contributed by atoms with Gasteiger partial charge in [-0.25, -0.2) is 0 Å². The summed E-state index contributed by atoms with van der Waals surface area (Å²) in [4.78, 5) is 2.45. The summed E-state index contributed by atoms with van der Waals surface area (Å²) < 4.78 is 1.95. The Morgan fingerprint density at radius 3 is 2.47 bits per heavy atom. The SMILES string of the molecule is CCNc1c(CN(CC)C(C)C)c(C)nn1C. The van der Waals surface area contributed by atoms with Crippen LogP contribution in [0.1, 0.15) is 39.0 Å². The minimum Gasteiger partial charge on any atom is -0.370 e. The average molecular weight is 238 g/mol. The first-order valence-electron chi connectivity index (χ1n) is 6.51. The fraction of sp³-hybridized carbons (Fsp3) is 0.769. The summed E-state index contributed by atoms with van der Waals surface area (Å²) in [5.74, 6) is 1.16. The number of hydrogen-bond acceptors (Lipinski definition) is 3. The van der Waals surface area contributed by atoms with Crippen molar-refractivity contribution in [1.29, 1.82) is 0 Å². The molecule has 0 aromatic carbocycles. The molecular weight excluding hydrogens is 212 g/mol. The van der Waals surface area contributed by atoms with Crippen LogP contribution in [0.4, 0.5) is 5.82 Å². The third-order valence-corrected chi connectivity index (χ3v) is 3.19. The van der Waals surface area contributed by atoms with Gasteiger partial charge < -0.3 is 5.32 Å². The third-order valence-electron chi connectivity index (χ3n) is 3.19. The Labute approximate surface area is 105 Å². The third kappa shape index (κ3) is 3.22. The van der Waals surface area contributed by atoms with Gasteiger partial charge >= 0.3 is 0 Å². The van der Waals surface area contributed by atoms with Gasteiger partial charge in [0, 0.05) is 31.7 Å². The van der Waals surface area contributed by atoms with E-state index in [1.165, 1.54) is 5.56 Å². The fourth-order valence-electron chi connectivity index (χ4n) is 2.14. The Kier molecular flexibility index (Phi) is 5.00. The second-order valence-electron chi connectivity index (χ2n) is 4.72. The van der Waals surface area contributed by atoms with Crippen molar-refractivity contribution in [3.05, 3.63) is 11.3 Å². The lowest BCUT2D eigenvalue weighted by atomic mass is 10.2. The largest absolute Gasteiger partial charge is 0.370 e. The van der Waals surface area contributed by atoms with E-state index in [1.807, 2.05) is 11.7 Å². The molecule has 0 aliphatic heterocycles. The van der Waals surface area contributed by atoms with E-state index in [9.17, 15) is 0 Å². The predicted octanol–water partition coefficient (Wildman–Crippen LogP) is 2.39. The van der Waals surface area contributed by atoms with Crippen LogP contribution in [-0.2, 0) is 13.6 Å². The highest BCUT2D eigenvalue weighted by Gasteiger charge is 2.16.